The molecule has 10 heteroatoms. The van der Waals surface area contributed by atoms with E-state index < -0.39 is 19.8 Å². The Morgan fingerprint density at radius 3 is 1.48 bits per heavy atom. The molecule has 2 amide bonds. The fourth-order valence-corrected chi connectivity index (χ4v) is 8.49. The van der Waals surface area contributed by atoms with Crippen LogP contribution < -0.4 is 0 Å². The van der Waals surface area contributed by atoms with E-state index in [-0.39, 0.29) is 30.5 Å². The number of amides is 2. The van der Waals surface area contributed by atoms with Crippen molar-refractivity contribution in [2.75, 3.05) is 52.4 Å². The number of benzene rings is 4. The van der Waals surface area contributed by atoms with Gasteiger partial charge >= 0.3 is 0 Å². The first kappa shape index (κ1) is 30.3. The van der Waals surface area contributed by atoms with E-state index in [1.54, 1.807) is 56.0 Å². The van der Waals surface area contributed by atoms with Gasteiger partial charge in [0.15, 0.2) is 0 Å². The maximum absolute atomic E-state index is 13.7. The number of hydrogen-bond donors (Lipinski definition) is 0. The van der Waals surface area contributed by atoms with Crippen LogP contribution in [0, 0.1) is 13.8 Å². The number of carbonyl (C=O) groups excluding carboxylic acids is 2. The number of aryl methyl sites for hydroxylation is 2. The molecule has 0 atom stereocenters. The smallest absolute Gasteiger partial charge is 0.259 e. The van der Waals surface area contributed by atoms with Crippen LogP contribution in [0.3, 0.4) is 0 Å². The van der Waals surface area contributed by atoms with Crippen molar-refractivity contribution >= 4 is 23.7 Å². The molecule has 6 aliphatic heterocycles. The number of nitrogens with zero attached hydrogens (tertiary/aromatic N) is 8. The molecule has 0 saturated heterocycles. The molecule has 0 N–H and O–H groups in total. The molecule has 10 nitrogen and oxygen atoms in total. The quantitative estimate of drug-likeness (QED) is 0.208. The van der Waals surface area contributed by atoms with Gasteiger partial charge in [-0.2, -0.15) is 0 Å². The first-order valence-corrected chi connectivity index (χ1v) is 20.1. The molecule has 0 aromatic heterocycles. The molecule has 4 aromatic rings. The van der Waals surface area contributed by atoms with Gasteiger partial charge in [0.25, 0.3) is 11.8 Å². The van der Waals surface area contributed by atoms with Gasteiger partial charge in [-0.25, -0.2) is 0 Å². The SMILES string of the molecule is [2H]C([2H])([2H])c1ccccc1CN1C(=O)C2=C(CCN(C([2H])([2H])c3ccccc3)C2)N2CCN=C12.[2H]C([2H])(c1ccccc1)N1CCC2=C(C1)C(=O)N(Cc1ccccc1C)C1=NCCN12. The summed E-state index contributed by atoms with van der Waals surface area (Å²) in [5, 5.41) is 0. The number of guanidine groups is 2. The van der Waals surface area contributed by atoms with Crippen LogP contribution in [0.1, 0.15) is 55.8 Å². The van der Waals surface area contributed by atoms with Gasteiger partial charge in [-0.05, 0) is 47.2 Å². The first-order chi connectivity index (χ1) is 31.1. The normalized spacial score (nSPS) is 21.8. The molecule has 4 aromatic carbocycles. The van der Waals surface area contributed by atoms with E-state index in [0.29, 0.717) is 92.5 Å². The molecule has 10 rings (SSSR count). The summed E-state index contributed by atoms with van der Waals surface area (Å²) in [6.07, 6.45) is 1.19. The van der Waals surface area contributed by atoms with Gasteiger partial charge in [-0.1, -0.05) is 109 Å². The third-order valence-corrected chi connectivity index (χ3v) is 11.5. The van der Waals surface area contributed by atoms with Gasteiger partial charge in [0, 0.05) is 86.1 Å². The summed E-state index contributed by atoms with van der Waals surface area (Å²) in [6.45, 7) is 1.18. The molecule has 58 heavy (non-hydrogen) atoms. The molecular weight excluding hydrogens is 721 g/mol. The van der Waals surface area contributed by atoms with E-state index in [1.165, 1.54) is 0 Å². The van der Waals surface area contributed by atoms with E-state index in [4.69, 9.17) is 9.60 Å². The molecule has 0 aliphatic carbocycles. The van der Waals surface area contributed by atoms with Crippen molar-refractivity contribution < 1.29 is 19.2 Å². The third-order valence-electron chi connectivity index (χ3n) is 11.5. The van der Waals surface area contributed by atoms with Crippen LogP contribution in [0.2, 0.25) is 0 Å². The van der Waals surface area contributed by atoms with Gasteiger partial charge in [-0.15, -0.1) is 0 Å². The second kappa shape index (κ2) is 16.6. The number of carbonyl (C=O) groups is 2. The van der Waals surface area contributed by atoms with E-state index >= 15 is 0 Å². The first-order valence-electron chi connectivity index (χ1n) is 23.6. The molecule has 0 radical (unpaired) electrons. The van der Waals surface area contributed by atoms with Crippen molar-refractivity contribution in [3.05, 3.63) is 165 Å². The van der Waals surface area contributed by atoms with Crippen LogP contribution in [0.5, 0.6) is 0 Å². The van der Waals surface area contributed by atoms with Gasteiger partial charge in [-0.3, -0.25) is 39.2 Å². The summed E-state index contributed by atoms with van der Waals surface area (Å²) in [6, 6.07) is 33.1. The summed E-state index contributed by atoms with van der Waals surface area (Å²) < 4.78 is 58.6. The Hall–Kier alpha value is -5.84. The monoisotopic (exact) mass is 779 g/mol. The minimum absolute atomic E-state index is 0.0521. The van der Waals surface area contributed by atoms with Crippen molar-refractivity contribution in [1.82, 2.24) is 29.4 Å². The molecule has 0 saturated carbocycles. The lowest BCUT2D eigenvalue weighted by Crippen LogP contribution is -2.53. The molecular formula is C48H52N8O2. The summed E-state index contributed by atoms with van der Waals surface area (Å²) in [5.74, 6) is 1.01. The van der Waals surface area contributed by atoms with Gasteiger partial charge < -0.3 is 9.80 Å². The van der Waals surface area contributed by atoms with Crippen LogP contribution in [-0.2, 0) is 35.7 Å². The minimum Gasteiger partial charge on any atom is -0.314 e. The highest BCUT2D eigenvalue weighted by Gasteiger charge is 2.42. The number of fused-ring (bicyclic) bond motifs is 4. The molecule has 0 unspecified atom stereocenters. The van der Waals surface area contributed by atoms with Crippen molar-refractivity contribution in [2.45, 2.75) is 52.7 Å². The summed E-state index contributed by atoms with van der Waals surface area (Å²) in [5.41, 5.74) is 7.35. The Morgan fingerprint density at radius 2 is 1.00 bits per heavy atom. The van der Waals surface area contributed by atoms with E-state index in [0.717, 1.165) is 35.0 Å². The average molecular weight is 780 g/mol. The molecule has 0 fully saturated rings. The second-order valence-electron chi connectivity index (χ2n) is 15.2. The van der Waals surface area contributed by atoms with Crippen LogP contribution in [0.4, 0.5) is 0 Å². The van der Waals surface area contributed by atoms with Crippen LogP contribution >= 0.6 is 0 Å². The number of rotatable bonds is 8. The van der Waals surface area contributed by atoms with Crippen molar-refractivity contribution in [3.8, 4) is 0 Å². The van der Waals surface area contributed by atoms with Crippen molar-refractivity contribution in [3.63, 3.8) is 0 Å². The minimum atomic E-state index is -2.29. The highest BCUT2D eigenvalue weighted by molar-refractivity contribution is 6.10. The summed E-state index contributed by atoms with van der Waals surface area (Å²) in [4.78, 5) is 47.6. The number of aliphatic imine (C=N–C) groups is 2. The van der Waals surface area contributed by atoms with Gasteiger partial charge in [0.05, 0.1) is 37.3 Å². The third kappa shape index (κ3) is 7.62. The fraction of sp³-hybridized carbons (Fsp3) is 0.333. The highest BCUT2D eigenvalue weighted by Crippen LogP contribution is 2.34. The van der Waals surface area contributed by atoms with Crippen LogP contribution in [0.25, 0.3) is 0 Å². The fourth-order valence-electron chi connectivity index (χ4n) is 8.49. The van der Waals surface area contributed by atoms with E-state index in [2.05, 4.69) is 27.9 Å². The lowest BCUT2D eigenvalue weighted by Gasteiger charge is -2.42. The van der Waals surface area contributed by atoms with Gasteiger partial charge in [0.1, 0.15) is 0 Å². The lowest BCUT2D eigenvalue weighted by atomic mass is 9.99. The lowest BCUT2D eigenvalue weighted by molar-refractivity contribution is -0.126. The molecule has 6 aliphatic rings. The second-order valence-corrected chi connectivity index (χ2v) is 15.2. The molecule has 0 bridgehead atoms. The highest BCUT2D eigenvalue weighted by atomic mass is 16.2. The zero-order chi connectivity index (χ0) is 45.7. The van der Waals surface area contributed by atoms with Gasteiger partial charge in [0.2, 0.25) is 11.9 Å². The maximum Gasteiger partial charge on any atom is 0.259 e. The largest absolute Gasteiger partial charge is 0.314 e. The van der Waals surface area contributed by atoms with Crippen molar-refractivity contribution in [1.29, 1.82) is 0 Å². The zero-order valence-electron chi connectivity index (χ0n) is 39.8. The van der Waals surface area contributed by atoms with E-state index in [9.17, 15) is 9.59 Å². The predicted molar refractivity (Wildman–Crippen MR) is 228 cm³/mol. The molecule has 6 heterocycles. The topological polar surface area (TPSA) is 78.3 Å². The average Bonchev–Trinajstić information content (AvgIpc) is 4.02. The summed E-state index contributed by atoms with van der Waals surface area (Å²) in [7, 11) is 0. The Bertz CT molecular complexity index is 2610. The van der Waals surface area contributed by atoms with Crippen LogP contribution in [0.15, 0.2) is 142 Å². The van der Waals surface area contributed by atoms with Crippen molar-refractivity contribution in [2.24, 2.45) is 9.98 Å². The molecule has 296 valence electrons. The summed E-state index contributed by atoms with van der Waals surface area (Å²) >= 11 is 0. The van der Waals surface area contributed by atoms with Crippen LogP contribution in [-0.4, -0.2) is 105 Å². The standard InChI is InChI=1S/2C24H26N4O/c2*1-18-7-5-6-10-20(18)16-28-23(29)21-17-26(15-19-8-3-2-4-9-19)13-11-22(21)27-14-12-25-24(27)28/h2*2-10H,11-17H2,1H3/i1D3,15D2;15D2. The zero-order valence-corrected chi connectivity index (χ0v) is 32.8. The maximum atomic E-state index is 13.7. The van der Waals surface area contributed by atoms with E-state index in [1.807, 2.05) is 71.6 Å². The predicted octanol–water partition coefficient (Wildman–Crippen LogP) is 6.34. The molecule has 0 spiro atoms. The Kier molecular flexibility index (Phi) is 8.64. The number of hydrogen-bond acceptors (Lipinski definition) is 8. The Balaban J connectivity index is 0.000000165. The Morgan fingerprint density at radius 1 is 0.569 bits per heavy atom. The Labute approximate surface area is 351 Å².